The van der Waals surface area contributed by atoms with E-state index in [1.807, 2.05) is 7.05 Å². The minimum atomic E-state index is 0.245. The van der Waals surface area contributed by atoms with E-state index < -0.39 is 0 Å². The highest BCUT2D eigenvalue weighted by atomic mass is 16.1. The van der Waals surface area contributed by atoms with Crippen LogP contribution in [0, 0.1) is 0 Å². The minimum absolute atomic E-state index is 0.245. The number of carbonyl (C=O) groups excluding carboxylic acids is 1. The molecule has 1 heterocycles. The van der Waals surface area contributed by atoms with Gasteiger partial charge in [0.25, 0.3) is 0 Å². The number of hydrogen-bond acceptors (Lipinski definition) is 2. The average molecular weight is 113 g/mol. The van der Waals surface area contributed by atoms with Crippen LogP contribution in [-0.2, 0) is 4.79 Å². The summed E-state index contributed by atoms with van der Waals surface area (Å²) in [7, 11) is 1.98. The molecule has 1 aliphatic rings. The number of nitrogens with zero attached hydrogens (tertiary/aromatic N) is 1. The highest BCUT2D eigenvalue weighted by Crippen LogP contribution is 2.13. The molecule has 0 aliphatic carbocycles. The van der Waals surface area contributed by atoms with Crippen molar-refractivity contribution >= 4 is 5.78 Å². The summed E-state index contributed by atoms with van der Waals surface area (Å²) in [6, 6.07) is 0.245. The van der Waals surface area contributed by atoms with Crippen molar-refractivity contribution in [1.82, 2.24) is 4.90 Å². The predicted molar refractivity (Wildman–Crippen MR) is 31.7 cm³/mol. The first-order valence-corrected chi connectivity index (χ1v) is 2.92. The largest absolute Gasteiger partial charge is 0.298 e. The Bertz CT molecular complexity index is 111. The average Bonchev–Trinajstić information content (AvgIpc) is 1.61. The summed E-state index contributed by atoms with van der Waals surface area (Å²) < 4.78 is 0. The van der Waals surface area contributed by atoms with Crippen LogP contribution in [0.2, 0.25) is 0 Å². The van der Waals surface area contributed by atoms with Crippen LogP contribution in [0.15, 0.2) is 0 Å². The standard InChI is InChI=1S/C6H11NO/c1-5(8)6-3-4-7(6)2/h6H,3-4H2,1-2H3. The molecule has 0 aromatic rings. The van der Waals surface area contributed by atoms with Crippen LogP contribution in [0.1, 0.15) is 13.3 Å². The van der Waals surface area contributed by atoms with E-state index in [-0.39, 0.29) is 6.04 Å². The molecule has 1 fully saturated rings. The highest BCUT2D eigenvalue weighted by molar-refractivity contribution is 5.82. The number of rotatable bonds is 1. The molecule has 1 unspecified atom stereocenters. The Morgan fingerprint density at radius 3 is 2.38 bits per heavy atom. The molecule has 8 heavy (non-hydrogen) atoms. The van der Waals surface area contributed by atoms with Gasteiger partial charge in [-0.15, -0.1) is 0 Å². The van der Waals surface area contributed by atoms with Gasteiger partial charge in [0.05, 0.1) is 6.04 Å². The van der Waals surface area contributed by atoms with Gasteiger partial charge in [0.2, 0.25) is 0 Å². The van der Waals surface area contributed by atoms with Gasteiger partial charge in [-0.2, -0.15) is 0 Å². The number of hydrogen-bond donors (Lipinski definition) is 0. The van der Waals surface area contributed by atoms with Crippen LogP contribution in [0.25, 0.3) is 0 Å². The molecule has 1 atom stereocenters. The van der Waals surface area contributed by atoms with E-state index >= 15 is 0 Å². The van der Waals surface area contributed by atoms with Crippen LogP contribution in [0.3, 0.4) is 0 Å². The zero-order valence-corrected chi connectivity index (χ0v) is 5.35. The molecule has 0 radical (unpaired) electrons. The van der Waals surface area contributed by atoms with Crippen LogP contribution >= 0.6 is 0 Å². The van der Waals surface area contributed by atoms with Gasteiger partial charge in [-0.25, -0.2) is 0 Å². The van der Waals surface area contributed by atoms with Crippen molar-refractivity contribution in [1.29, 1.82) is 0 Å². The lowest BCUT2D eigenvalue weighted by molar-refractivity contribution is -0.125. The van der Waals surface area contributed by atoms with Gasteiger partial charge >= 0.3 is 0 Å². The van der Waals surface area contributed by atoms with Crippen molar-refractivity contribution in [2.24, 2.45) is 0 Å². The van der Waals surface area contributed by atoms with E-state index in [1.54, 1.807) is 6.92 Å². The van der Waals surface area contributed by atoms with E-state index in [0.29, 0.717) is 5.78 Å². The Labute approximate surface area is 49.5 Å². The highest BCUT2D eigenvalue weighted by Gasteiger charge is 2.27. The first-order valence-electron chi connectivity index (χ1n) is 2.92. The first kappa shape index (κ1) is 5.76. The number of likely N-dealkylation sites (N-methyl/N-ethyl adjacent to an activating group) is 1. The summed E-state index contributed by atoms with van der Waals surface area (Å²) in [5.41, 5.74) is 0. The second-order valence-electron chi connectivity index (χ2n) is 2.40. The molecule has 0 spiro atoms. The van der Waals surface area contributed by atoms with Crippen molar-refractivity contribution in [3.8, 4) is 0 Å². The van der Waals surface area contributed by atoms with E-state index in [1.165, 1.54) is 0 Å². The number of ketones is 1. The lowest BCUT2D eigenvalue weighted by atomic mass is 10.0. The number of carbonyl (C=O) groups is 1. The van der Waals surface area contributed by atoms with E-state index in [0.717, 1.165) is 13.0 Å². The van der Waals surface area contributed by atoms with Gasteiger partial charge in [0.15, 0.2) is 0 Å². The quantitative estimate of drug-likeness (QED) is 0.487. The third-order valence-corrected chi connectivity index (χ3v) is 1.76. The first-order chi connectivity index (χ1) is 3.72. The molecule has 0 amide bonds. The molecule has 0 aromatic heterocycles. The van der Waals surface area contributed by atoms with Gasteiger partial charge in [-0.3, -0.25) is 9.69 Å². The second-order valence-corrected chi connectivity index (χ2v) is 2.40. The van der Waals surface area contributed by atoms with Gasteiger partial charge in [0, 0.05) is 6.54 Å². The van der Waals surface area contributed by atoms with Crippen LogP contribution in [-0.4, -0.2) is 30.3 Å². The summed E-state index contributed by atoms with van der Waals surface area (Å²) in [6.45, 7) is 2.74. The molecule has 1 saturated heterocycles. The van der Waals surface area contributed by atoms with E-state index in [9.17, 15) is 4.79 Å². The van der Waals surface area contributed by atoms with E-state index in [2.05, 4.69) is 4.90 Å². The molecule has 46 valence electrons. The molecular weight excluding hydrogens is 102 g/mol. The summed E-state index contributed by atoms with van der Waals surface area (Å²) in [4.78, 5) is 12.7. The third-order valence-electron chi connectivity index (χ3n) is 1.76. The minimum Gasteiger partial charge on any atom is -0.298 e. The van der Waals surface area contributed by atoms with Gasteiger partial charge < -0.3 is 0 Å². The summed E-state index contributed by atoms with van der Waals surface area (Å²) in [6.07, 6.45) is 1.06. The lowest BCUT2D eigenvalue weighted by Crippen LogP contribution is -2.48. The molecular formula is C6H11NO. The Morgan fingerprint density at radius 2 is 2.38 bits per heavy atom. The van der Waals surface area contributed by atoms with Crippen LogP contribution < -0.4 is 0 Å². The van der Waals surface area contributed by atoms with Crippen molar-refractivity contribution < 1.29 is 4.79 Å². The van der Waals surface area contributed by atoms with Crippen molar-refractivity contribution in [2.75, 3.05) is 13.6 Å². The summed E-state index contributed by atoms with van der Waals surface area (Å²) >= 11 is 0. The Hall–Kier alpha value is -0.370. The Balaban J connectivity index is 2.37. The zero-order valence-electron chi connectivity index (χ0n) is 5.35. The Kier molecular flexibility index (Phi) is 1.34. The molecule has 0 bridgehead atoms. The van der Waals surface area contributed by atoms with Crippen LogP contribution in [0.4, 0.5) is 0 Å². The summed E-state index contributed by atoms with van der Waals surface area (Å²) in [5.74, 6) is 0.304. The third kappa shape index (κ3) is 0.757. The SMILES string of the molecule is CC(=O)C1CCN1C. The smallest absolute Gasteiger partial charge is 0.146 e. The molecule has 2 nitrogen and oxygen atoms in total. The normalized spacial score (nSPS) is 29.5. The maximum absolute atomic E-state index is 10.6. The van der Waals surface area contributed by atoms with Gasteiger partial charge in [-0.1, -0.05) is 0 Å². The lowest BCUT2D eigenvalue weighted by Gasteiger charge is -2.35. The molecule has 1 rings (SSSR count). The van der Waals surface area contributed by atoms with E-state index in [4.69, 9.17) is 0 Å². The van der Waals surface area contributed by atoms with Crippen LogP contribution in [0.5, 0.6) is 0 Å². The van der Waals surface area contributed by atoms with Gasteiger partial charge in [0.1, 0.15) is 5.78 Å². The maximum Gasteiger partial charge on any atom is 0.146 e. The molecule has 2 heteroatoms. The fraction of sp³-hybridized carbons (Fsp3) is 0.833. The molecule has 0 saturated carbocycles. The number of likely N-dealkylation sites (tertiary alicyclic amines) is 1. The Morgan fingerprint density at radius 1 is 1.75 bits per heavy atom. The second kappa shape index (κ2) is 1.86. The van der Waals surface area contributed by atoms with Crippen molar-refractivity contribution in [2.45, 2.75) is 19.4 Å². The van der Waals surface area contributed by atoms with Gasteiger partial charge in [-0.05, 0) is 20.4 Å². The predicted octanol–water partition coefficient (Wildman–Crippen LogP) is 0.280. The fourth-order valence-corrected chi connectivity index (χ4v) is 1.03. The van der Waals surface area contributed by atoms with Crippen molar-refractivity contribution in [3.05, 3.63) is 0 Å². The molecule has 0 aromatic carbocycles. The molecule has 1 aliphatic heterocycles. The monoisotopic (exact) mass is 113 g/mol. The molecule has 0 N–H and O–H groups in total. The summed E-state index contributed by atoms with van der Waals surface area (Å²) in [5, 5.41) is 0. The topological polar surface area (TPSA) is 20.3 Å². The zero-order chi connectivity index (χ0) is 6.15. The maximum atomic E-state index is 10.6. The van der Waals surface area contributed by atoms with Crippen molar-refractivity contribution in [3.63, 3.8) is 0 Å². The number of Topliss-reactive ketones (excluding diaryl/α,β-unsaturated/α-hetero) is 1. The fourth-order valence-electron chi connectivity index (χ4n) is 1.03.